The maximum absolute atomic E-state index is 11.1. The summed E-state index contributed by atoms with van der Waals surface area (Å²) in [5.41, 5.74) is 9.26. The van der Waals surface area contributed by atoms with Gasteiger partial charge in [0.1, 0.15) is 11.8 Å². The Hall–Kier alpha value is -2.74. The van der Waals surface area contributed by atoms with Crippen molar-refractivity contribution in [2.24, 2.45) is 12.8 Å². The lowest BCUT2D eigenvalue weighted by Gasteiger charge is -2.07. The van der Waals surface area contributed by atoms with E-state index in [0.29, 0.717) is 17.8 Å². The molecule has 0 radical (unpaired) electrons. The molecule has 0 spiro atoms. The zero-order valence-corrected chi connectivity index (χ0v) is 11.5. The fraction of sp³-hybridized carbons (Fsp3) is 0.200. The molecule has 1 amide bonds. The predicted octanol–water partition coefficient (Wildman–Crippen LogP) is 1.92. The highest BCUT2D eigenvalue weighted by molar-refractivity contribution is 5.93. The second kappa shape index (κ2) is 5.49. The number of hydrogen-bond acceptors (Lipinski definition) is 3. The Labute approximate surface area is 117 Å². The van der Waals surface area contributed by atoms with Crippen molar-refractivity contribution in [1.29, 1.82) is 5.26 Å². The van der Waals surface area contributed by atoms with Crippen LogP contribution in [-0.2, 0) is 13.6 Å². The molecular formula is C15H16N4O. The number of nitriles is 1. The minimum Gasteiger partial charge on any atom is -0.381 e. The van der Waals surface area contributed by atoms with Crippen molar-refractivity contribution < 1.29 is 4.79 Å². The first-order valence-corrected chi connectivity index (χ1v) is 6.22. The third kappa shape index (κ3) is 2.64. The number of rotatable bonds is 4. The van der Waals surface area contributed by atoms with Crippen molar-refractivity contribution >= 4 is 11.6 Å². The molecule has 1 aromatic carbocycles. The van der Waals surface area contributed by atoms with Gasteiger partial charge in [-0.3, -0.25) is 4.79 Å². The summed E-state index contributed by atoms with van der Waals surface area (Å²) in [6.07, 6.45) is 0. The molecule has 5 heteroatoms. The standard InChI is InChI=1S/C15H16N4O/c1-10-12(7-14(8-16)19(10)2)9-18-13-5-3-4-11(6-13)15(17)20/h3-7,18H,9H2,1-2H3,(H2,17,20). The van der Waals surface area contributed by atoms with E-state index in [4.69, 9.17) is 11.0 Å². The minimum absolute atomic E-state index is 0.448. The largest absolute Gasteiger partial charge is 0.381 e. The van der Waals surface area contributed by atoms with Crippen molar-refractivity contribution in [3.05, 3.63) is 52.8 Å². The van der Waals surface area contributed by atoms with Crippen molar-refractivity contribution in [1.82, 2.24) is 4.57 Å². The van der Waals surface area contributed by atoms with Crippen LogP contribution in [0.15, 0.2) is 30.3 Å². The Morgan fingerprint density at radius 3 is 2.80 bits per heavy atom. The molecule has 0 aliphatic rings. The quantitative estimate of drug-likeness (QED) is 0.888. The van der Waals surface area contributed by atoms with E-state index < -0.39 is 5.91 Å². The molecule has 2 aromatic rings. The fourth-order valence-electron chi connectivity index (χ4n) is 2.03. The Bertz CT molecular complexity index is 694. The topological polar surface area (TPSA) is 83.8 Å². The summed E-state index contributed by atoms with van der Waals surface area (Å²) in [6.45, 7) is 2.56. The molecular weight excluding hydrogens is 252 g/mol. The van der Waals surface area contributed by atoms with Gasteiger partial charge >= 0.3 is 0 Å². The van der Waals surface area contributed by atoms with Crippen molar-refractivity contribution in [3.63, 3.8) is 0 Å². The first-order chi connectivity index (χ1) is 9.52. The maximum atomic E-state index is 11.1. The first-order valence-electron chi connectivity index (χ1n) is 6.22. The van der Waals surface area contributed by atoms with Crippen LogP contribution in [0.25, 0.3) is 0 Å². The summed E-state index contributed by atoms with van der Waals surface area (Å²) in [5, 5.41) is 12.2. The Balaban J connectivity index is 2.15. The highest BCUT2D eigenvalue weighted by atomic mass is 16.1. The Morgan fingerprint density at radius 1 is 1.45 bits per heavy atom. The summed E-state index contributed by atoms with van der Waals surface area (Å²) in [7, 11) is 1.87. The van der Waals surface area contributed by atoms with E-state index in [1.165, 1.54) is 0 Å². The molecule has 1 heterocycles. The van der Waals surface area contributed by atoms with Gasteiger partial charge in [-0.15, -0.1) is 0 Å². The summed E-state index contributed by atoms with van der Waals surface area (Å²) in [4.78, 5) is 11.1. The van der Waals surface area contributed by atoms with Crippen LogP contribution in [0.1, 0.15) is 27.3 Å². The number of benzene rings is 1. The van der Waals surface area contributed by atoms with Crippen LogP contribution in [0.2, 0.25) is 0 Å². The van der Waals surface area contributed by atoms with Gasteiger partial charge in [-0.1, -0.05) is 6.07 Å². The molecule has 1 aromatic heterocycles. The van der Waals surface area contributed by atoms with Crippen LogP contribution < -0.4 is 11.1 Å². The number of hydrogen-bond donors (Lipinski definition) is 2. The van der Waals surface area contributed by atoms with Gasteiger partial charge in [0.2, 0.25) is 5.91 Å². The second-order valence-electron chi connectivity index (χ2n) is 4.61. The maximum Gasteiger partial charge on any atom is 0.248 e. The third-order valence-corrected chi connectivity index (χ3v) is 3.38. The van der Waals surface area contributed by atoms with Crippen LogP contribution in [-0.4, -0.2) is 10.5 Å². The van der Waals surface area contributed by atoms with Crippen LogP contribution in [0.5, 0.6) is 0 Å². The van der Waals surface area contributed by atoms with E-state index in [2.05, 4.69) is 11.4 Å². The monoisotopic (exact) mass is 268 g/mol. The van der Waals surface area contributed by atoms with E-state index in [0.717, 1.165) is 16.9 Å². The van der Waals surface area contributed by atoms with Crippen LogP contribution in [0.4, 0.5) is 5.69 Å². The molecule has 0 aliphatic heterocycles. The van der Waals surface area contributed by atoms with Gasteiger partial charge in [0, 0.05) is 30.5 Å². The molecule has 20 heavy (non-hydrogen) atoms. The molecule has 0 saturated carbocycles. The average molecular weight is 268 g/mol. The summed E-state index contributed by atoms with van der Waals surface area (Å²) in [5.74, 6) is -0.448. The highest BCUT2D eigenvalue weighted by Crippen LogP contribution is 2.16. The lowest BCUT2D eigenvalue weighted by Crippen LogP contribution is -2.11. The van der Waals surface area contributed by atoms with E-state index in [1.807, 2.05) is 30.7 Å². The minimum atomic E-state index is -0.448. The van der Waals surface area contributed by atoms with Gasteiger partial charge in [0.25, 0.3) is 0 Å². The van der Waals surface area contributed by atoms with Gasteiger partial charge < -0.3 is 15.6 Å². The Morgan fingerprint density at radius 2 is 2.20 bits per heavy atom. The molecule has 5 nitrogen and oxygen atoms in total. The predicted molar refractivity (Wildman–Crippen MR) is 77.2 cm³/mol. The summed E-state index contributed by atoms with van der Waals surface area (Å²) < 4.78 is 1.86. The number of nitrogens with zero attached hydrogens (tertiary/aromatic N) is 2. The summed E-state index contributed by atoms with van der Waals surface area (Å²) >= 11 is 0. The lowest BCUT2D eigenvalue weighted by atomic mass is 10.2. The van der Waals surface area contributed by atoms with Crippen molar-refractivity contribution in [2.75, 3.05) is 5.32 Å². The number of aromatic nitrogens is 1. The van der Waals surface area contributed by atoms with E-state index >= 15 is 0 Å². The first kappa shape index (κ1) is 13.7. The Kier molecular flexibility index (Phi) is 3.76. The molecule has 0 bridgehead atoms. The number of primary amides is 1. The normalized spacial score (nSPS) is 10.1. The van der Waals surface area contributed by atoms with Crippen LogP contribution in [0, 0.1) is 18.3 Å². The number of carbonyl (C=O) groups excluding carboxylic acids is 1. The number of amides is 1. The van der Waals surface area contributed by atoms with Crippen LogP contribution in [0.3, 0.4) is 0 Å². The van der Waals surface area contributed by atoms with Gasteiger partial charge in [-0.2, -0.15) is 5.26 Å². The summed E-state index contributed by atoms with van der Waals surface area (Å²) in [6, 6.07) is 11.1. The smallest absolute Gasteiger partial charge is 0.248 e. The van der Waals surface area contributed by atoms with Gasteiger partial charge in [-0.05, 0) is 36.8 Å². The molecule has 0 atom stereocenters. The van der Waals surface area contributed by atoms with Crippen molar-refractivity contribution in [2.45, 2.75) is 13.5 Å². The molecule has 0 saturated heterocycles. The molecule has 2 rings (SSSR count). The third-order valence-electron chi connectivity index (χ3n) is 3.38. The zero-order valence-electron chi connectivity index (χ0n) is 11.5. The highest BCUT2D eigenvalue weighted by Gasteiger charge is 2.08. The lowest BCUT2D eigenvalue weighted by molar-refractivity contribution is 0.100. The molecule has 0 unspecified atom stereocenters. The van der Waals surface area contributed by atoms with E-state index in [-0.39, 0.29) is 0 Å². The number of nitrogens with two attached hydrogens (primary N) is 1. The van der Waals surface area contributed by atoms with E-state index in [1.54, 1.807) is 18.2 Å². The molecule has 102 valence electrons. The fourth-order valence-corrected chi connectivity index (χ4v) is 2.03. The number of carbonyl (C=O) groups is 1. The zero-order chi connectivity index (χ0) is 14.7. The second-order valence-corrected chi connectivity index (χ2v) is 4.61. The van der Waals surface area contributed by atoms with Crippen molar-refractivity contribution in [3.8, 4) is 6.07 Å². The number of nitrogens with one attached hydrogen (secondary N) is 1. The van der Waals surface area contributed by atoms with Gasteiger partial charge in [0.15, 0.2) is 0 Å². The molecule has 0 fully saturated rings. The molecule has 3 N–H and O–H groups in total. The number of anilines is 1. The SMILES string of the molecule is Cc1c(CNc2cccc(C(N)=O)c2)cc(C#N)n1C. The van der Waals surface area contributed by atoms with E-state index in [9.17, 15) is 4.79 Å². The molecule has 0 aliphatic carbocycles. The van der Waals surface area contributed by atoms with Gasteiger partial charge in [-0.25, -0.2) is 0 Å². The average Bonchev–Trinajstić information content (AvgIpc) is 2.73. The van der Waals surface area contributed by atoms with Gasteiger partial charge in [0.05, 0.1) is 0 Å². The van der Waals surface area contributed by atoms with Crippen LogP contribution >= 0.6 is 0 Å².